The number of rotatable bonds is 5. The highest BCUT2D eigenvalue weighted by Crippen LogP contribution is 2.33. The number of ether oxygens (including phenoxy) is 2. The van der Waals surface area contributed by atoms with Gasteiger partial charge in [-0.3, -0.25) is 0 Å². The Morgan fingerprint density at radius 3 is 2.76 bits per heavy atom. The summed E-state index contributed by atoms with van der Waals surface area (Å²) in [6.07, 6.45) is 2.53. The molecule has 2 rings (SSSR count). The first kappa shape index (κ1) is 12.5. The molecule has 0 aromatic heterocycles. The highest BCUT2D eigenvalue weighted by atomic mass is 19.1. The molecule has 1 fully saturated rings. The van der Waals surface area contributed by atoms with Crippen LogP contribution in [0.25, 0.3) is 0 Å². The van der Waals surface area contributed by atoms with Gasteiger partial charge in [-0.2, -0.15) is 0 Å². The van der Waals surface area contributed by atoms with Crippen molar-refractivity contribution in [2.45, 2.75) is 31.7 Å². The van der Waals surface area contributed by atoms with E-state index in [-0.39, 0.29) is 18.2 Å². The van der Waals surface area contributed by atoms with Crippen LogP contribution in [0, 0.1) is 5.82 Å². The predicted molar refractivity (Wildman–Crippen MR) is 62.9 cm³/mol. The smallest absolute Gasteiger partial charge is 0.158 e. The fraction of sp³-hybridized carbons (Fsp3) is 0.538. The third kappa shape index (κ3) is 3.49. The van der Waals surface area contributed by atoms with Crippen LogP contribution >= 0.6 is 0 Å². The van der Waals surface area contributed by atoms with Crippen molar-refractivity contribution in [1.82, 2.24) is 0 Å². The highest BCUT2D eigenvalue weighted by molar-refractivity contribution is 5.19. The van der Waals surface area contributed by atoms with E-state index in [0.717, 1.165) is 24.8 Å². The summed E-state index contributed by atoms with van der Waals surface area (Å²) in [4.78, 5) is 0. The largest absolute Gasteiger partial charge is 0.353 e. The zero-order chi connectivity index (χ0) is 12.1. The maximum Gasteiger partial charge on any atom is 0.158 e. The van der Waals surface area contributed by atoms with E-state index in [1.165, 1.54) is 12.1 Å². The van der Waals surface area contributed by atoms with Gasteiger partial charge >= 0.3 is 0 Å². The first-order valence-corrected chi connectivity index (χ1v) is 6.02. The molecule has 94 valence electrons. The molecule has 0 amide bonds. The first-order chi connectivity index (χ1) is 8.29. The van der Waals surface area contributed by atoms with Crippen LogP contribution in [-0.4, -0.2) is 19.4 Å². The summed E-state index contributed by atoms with van der Waals surface area (Å²) in [7, 11) is 0. The minimum atomic E-state index is -0.220. The summed E-state index contributed by atoms with van der Waals surface area (Å²) in [5.41, 5.74) is 6.40. The average Bonchev–Trinajstić information content (AvgIpc) is 2.79. The molecule has 2 atom stereocenters. The van der Waals surface area contributed by atoms with Crippen molar-refractivity contribution in [1.29, 1.82) is 0 Å². The van der Waals surface area contributed by atoms with Gasteiger partial charge in [0.25, 0.3) is 0 Å². The minimum Gasteiger partial charge on any atom is -0.353 e. The zero-order valence-corrected chi connectivity index (χ0v) is 9.77. The summed E-state index contributed by atoms with van der Waals surface area (Å²) < 4.78 is 24.1. The number of halogens is 1. The predicted octanol–water partition coefficient (Wildman–Crippen LogP) is 2.37. The maximum absolute atomic E-state index is 12.8. The monoisotopic (exact) mass is 239 g/mol. The molecule has 0 aliphatic carbocycles. The summed E-state index contributed by atoms with van der Waals surface area (Å²) in [5, 5.41) is 0. The number of nitrogens with two attached hydrogens (primary N) is 1. The third-order valence-corrected chi connectivity index (χ3v) is 2.87. The molecule has 2 unspecified atom stereocenters. The van der Waals surface area contributed by atoms with E-state index in [2.05, 4.69) is 0 Å². The van der Waals surface area contributed by atoms with Crippen molar-refractivity contribution in [2.24, 2.45) is 5.73 Å². The van der Waals surface area contributed by atoms with E-state index in [1.807, 2.05) is 0 Å². The van der Waals surface area contributed by atoms with Crippen molar-refractivity contribution in [3.63, 3.8) is 0 Å². The molecule has 0 radical (unpaired) electrons. The van der Waals surface area contributed by atoms with E-state index >= 15 is 0 Å². The summed E-state index contributed by atoms with van der Waals surface area (Å²) >= 11 is 0. The van der Waals surface area contributed by atoms with Gasteiger partial charge in [-0.25, -0.2) is 4.39 Å². The molecule has 0 spiro atoms. The lowest BCUT2D eigenvalue weighted by Crippen LogP contribution is -2.14. The molecule has 0 bridgehead atoms. The number of hydrogen-bond donors (Lipinski definition) is 1. The second-order valence-corrected chi connectivity index (χ2v) is 4.20. The van der Waals surface area contributed by atoms with Crippen LogP contribution in [0.1, 0.15) is 30.9 Å². The maximum atomic E-state index is 12.8. The fourth-order valence-corrected chi connectivity index (χ4v) is 1.95. The van der Waals surface area contributed by atoms with Crippen molar-refractivity contribution in [3.8, 4) is 0 Å². The Kier molecular flexibility index (Phi) is 4.48. The van der Waals surface area contributed by atoms with Crippen molar-refractivity contribution < 1.29 is 13.9 Å². The van der Waals surface area contributed by atoms with Gasteiger partial charge in [0.15, 0.2) is 6.29 Å². The molecule has 3 nitrogen and oxygen atoms in total. The molecule has 1 saturated heterocycles. The van der Waals surface area contributed by atoms with Crippen LogP contribution in [0.2, 0.25) is 0 Å². The van der Waals surface area contributed by atoms with E-state index in [4.69, 9.17) is 15.2 Å². The van der Waals surface area contributed by atoms with Gasteiger partial charge in [0, 0.05) is 6.42 Å². The zero-order valence-electron chi connectivity index (χ0n) is 9.77. The van der Waals surface area contributed by atoms with Gasteiger partial charge in [-0.05, 0) is 37.1 Å². The molecule has 1 aromatic rings. The first-order valence-electron chi connectivity index (χ1n) is 6.02. The Bertz CT molecular complexity index is 342. The Labute approximate surface area is 101 Å². The molecule has 1 heterocycles. The molecule has 2 N–H and O–H groups in total. The van der Waals surface area contributed by atoms with Gasteiger partial charge in [0.2, 0.25) is 0 Å². The fourth-order valence-electron chi connectivity index (χ4n) is 1.95. The summed E-state index contributed by atoms with van der Waals surface area (Å²) in [6, 6.07) is 6.45. The van der Waals surface area contributed by atoms with Crippen molar-refractivity contribution in [2.75, 3.05) is 13.2 Å². The molecular formula is C13H18FNO2. The van der Waals surface area contributed by atoms with Crippen LogP contribution in [-0.2, 0) is 9.47 Å². The topological polar surface area (TPSA) is 44.5 Å². The molecule has 1 aromatic carbocycles. The molecule has 1 aliphatic rings. The molecule has 1 aliphatic heterocycles. The van der Waals surface area contributed by atoms with E-state index in [1.54, 1.807) is 12.1 Å². The Morgan fingerprint density at radius 1 is 1.29 bits per heavy atom. The SMILES string of the molecule is NCCCOC1CCC(c2ccc(F)cc2)O1. The van der Waals surface area contributed by atoms with E-state index in [9.17, 15) is 4.39 Å². The van der Waals surface area contributed by atoms with Crippen LogP contribution in [0.3, 0.4) is 0 Å². The van der Waals surface area contributed by atoms with Gasteiger partial charge in [-0.15, -0.1) is 0 Å². The minimum absolute atomic E-state index is 0.0264. The van der Waals surface area contributed by atoms with Gasteiger partial charge in [0.05, 0.1) is 12.7 Å². The summed E-state index contributed by atoms with van der Waals surface area (Å²) in [5.74, 6) is -0.220. The summed E-state index contributed by atoms with van der Waals surface area (Å²) in [6.45, 7) is 1.27. The van der Waals surface area contributed by atoms with Crippen molar-refractivity contribution in [3.05, 3.63) is 35.6 Å². The Hall–Kier alpha value is -0.970. The second kappa shape index (κ2) is 6.10. The lowest BCUT2D eigenvalue weighted by atomic mass is 10.1. The number of hydrogen-bond acceptors (Lipinski definition) is 3. The third-order valence-electron chi connectivity index (χ3n) is 2.87. The molecule has 0 saturated carbocycles. The van der Waals surface area contributed by atoms with Crippen LogP contribution in [0.5, 0.6) is 0 Å². The lowest BCUT2D eigenvalue weighted by Gasteiger charge is -2.14. The van der Waals surface area contributed by atoms with Crippen LogP contribution in [0.4, 0.5) is 4.39 Å². The standard InChI is InChI=1S/C13H18FNO2/c14-11-4-2-10(3-5-11)12-6-7-13(17-12)16-9-1-8-15/h2-5,12-13H,1,6-9,15H2. The highest BCUT2D eigenvalue weighted by Gasteiger charge is 2.26. The number of benzene rings is 1. The normalized spacial score (nSPS) is 24.1. The Balaban J connectivity index is 1.83. The van der Waals surface area contributed by atoms with E-state index < -0.39 is 0 Å². The molecule has 4 heteroatoms. The van der Waals surface area contributed by atoms with Crippen molar-refractivity contribution >= 4 is 0 Å². The molecule has 17 heavy (non-hydrogen) atoms. The average molecular weight is 239 g/mol. The van der Waals surface area contributed by atoms with Gasteiger partial charge in [-0.1, -0.05) is 12.1 Å². The second-order valence-electron chi connectivity index (χ2n) is 4.20. The van der Waals surface area contributed by atoms with E-state index in [0.29, 0.717) is 13.2 Å². The van der Waals surface area contributed by atoms with Gasteiger partial charge < -0.3 is 15.2 Å². The quantitative estimate of drug-likeness (QED) is 0.802. The molecular weight excluding hydrogens is 221 g/mol. The Morgan fingerprint density at radius 2 is 2.06 bits per heavy atom. The van der Waals surface area contributed by atoms with Crippen LogP contribution in [0.15, 0.2) is 24.3 Å². The lowest BCUT2D eigenvalue weighted by molar-refractivity contribution is -0.134. The van der Waals surface area contributed by atoms with Gasteiger partial charge in [0.1, 0.15) is 5.82 Å². The van der Waals surface area contributed by atoms with Crippen LogP contribution < -0.4 is 5.73 Å².